The Bertz CT molecular complexity index is 677. The molecule has 0 fully saturated rings. The number of phenolic OH excluding ortho intramolecular Hbond substituents is 1. The Balaban J connectivity index is 1.84. The Hall–Kier alpha value is -2.29. The minimum absolute atomic E-state index is 0.143. The first kappa shape index (κ1) is 13.7. The second-order valence-corrected chi connectivity index (χ2v) is 5.19. The molecular formula is C18H19NO2. The van der Waals surface area contributed by atoms with Crippen molar-refractivity contribution in [3.05, 3.63) is 53.1 Å². The van der Waals surface area contributed by atoms with Gasteiger partial charge in [-0.05, 0) is 61.6 Å². The highest BCUT2D eigenvalue weighted by atomic mass is 16.5. The Labute approximate surface area is 124 Å². The van der Waals surface area contributed by atoms with Crippen molar-refractivity contribution >= 4 is 11.9 Å². The Kier molecular flexibility index (Phi) is 3.91. The van der Waals surface area contributed by atoms with E-state index in [9.17, 15) is 5.11 Å². The Morgan fingerprint density at radius 2 is 2.05 bits per heavy atom. The van der Waals surface area contributed by atoms with E-state index in [1.54, 1.807) is 12.3 Å². The first-order chi connectivity index (χ1) is 10.3. The van der Waals surface area contributed by atoms with E-state index in [1.165, 1.54) is 24.0 Å². The average molecular weight is 281 g/mol. The minimum atomic E-state index is 0.143. The summed E-state index contributed by atoms with van der Waals surface area (Å²) in [7, 11) is 0. The normalized spacial score (nSPS) is 13.6. The van der Waals surface area contributed by atoms with Crippen molar-refractivity contribution < 1.29 is 9.84 Å². The summed E-state index contributed by atoms with van der Waals surface area (Å²) in [6, 6.07) is 11.8. The molecule has 0 spiro atoms. The van der Waals surface area contributed by atoms with Gasteiger partial charge in [0.15, 0.2) is 11.5 Å². The van der Waals surface area contributed by atoms with Crippen LogP contribution in [0.15, 0.2) is 41.4 Å². The lowest BCUT2D eigenvalue weighted by atomic mass is 10.1. The molecule has 0 saturated heterocycles. The summed E-state index contributed by atoms with van der Waals surface area (Å²) < 4.78 is 5.38. The molecule has 0 aliphatic heterocycles. The smallest absolute Gasteiger partial charge is 0.166 e. The molecule has 2 aromatic rings. The molecule has 0 bridgehead atoms. The number of nitrogens with zero attached hydrogens (tertiary/aromatic N) is 1. The fraction of sp³-hybridized carbons (Fsp3) is 0.278. The van der Waals surface area contributed by atoms with Crippen LogP contribution < -0.4 is 4.74 Å². The minimum Gasteiger partial charge on any atom is -0.504 e. The van der Waals surface area contributed by atoms with E-state index in [0.717, 1.165) is 12.1 Å². The third-order valence-electron chi connectivity index (χ3n) is 3.76. The summed E-state index contributed by atoms with van der Waals surface area (Å²) in [4.78, 5) is 4.48. The van der Waals surface area contributed by atoms with Gasteiger partial charge in [0, 0.05) is 11.8 Å². The molecule has 3 rings (SSSR count). The van der Waals surface area contributed by atoms with Crippen LogP contribution in [-0.2, 0) is 12.8 Å². The fourth-order valence-corrected chi connectivity index (χ4v) is 2.70. The van der Waals surface area contributed by atoms with Crippen molar-refractivity contribution in [3.8, 4) is 11.5 Å². The first-order valence-corrected chi connectivity index (χ1v) is 7.38. The molecule has 0 amide bonds. The van der Waals surface area contributed by atoms with Gasteiger partial charge >= 0.3 is 0 Å². The fourth-order valence-electron chi connectivity index (χ4n) is 2.70. The molecule has 21 heavy (non-hydrogen) atoms. The van der Waals surface area contributed by atoms with E-state index < -0.39 is 0 Å². The molecule has 3 nitrogen and oxygen atoms in total. The lowest BCUT2D eigenvalue weighted by molar-refractivity contribution is 0.318. The zero-order valence-electron chi connectivity index (χ0n) is 12.2. The number of fused-ring (bicyclic) bond motifs is 1. The van der Waals surface area contributed by atoms with Crippen LogP contribution in [0.2, 0.25) is 0 Å². The van der Waals surface area contributed by atoms with E-state index >= 15 is 0 Å². The van der Waals surface area contributed by atoms with Crippen LogP contribution in [0, 0.1) is 0 Å². The van der Waals surface area contributed by atoms with E-state index in [1.807, 2.05) is 25.1 Å². The number of ether oxygens (including phenoxy) is 1. The van der Waals surface area contributed by atoms with E-state index in [-0.39, 0.29) is 5.75 Å². The Morgan fingerprint density at radius 1 is 1.19 bits per heavy atom. The van der Waals surface area contributed by atoms with Crippen LogP contribution in [-0.4, -0.2) is 17.9 Å². The van der Waals surface area contributed by atoms with Crippen LogP contribution in [0.1, 0.15) is 30.0 Å². The summed E-state index contributed by atoms with van der Waals surface area (Å²) in [5, 5.41) is 10.1. The zero-order chi connectivity index (χ0) is 14.7. The largest absolute Gasteiger partial charge is 0.504 e. The highest BCUT2D eigenvalue weighted by Crippen LogP contribution is 2.30. The van der Waals surface area contributed by atoms with Crippen molar-refractivity contribution in [1.82, 2.24) is 0 Å². The van der Waals surface area contributed by atoms with Gasteiger partial charge in [-0.1, -0.05) is 12.1 Å². The van der Waals surface area contributed by atoms with Crippen LogP contribution in [0.5, 0.6) is 11.5 Å². The SMILES string of the molecule is CCOc1cccc(C=Nc2ccc3c(c2)CCC3)c1O. The monoisotopic (exact) mass is 281 g/mol. The van der Waals surface area contributed by atoms with Gasteiger partial charge in [0.2, 0.25) is 0 Å². The second-order valence-electron chi connectivity index (χ2n) is 5.19. The molecule has 0 heterocycles. The number of aryl methyl sites for hydroxylation is 2. The van der Waals surface area contributed by atoms with Gasteiger partial charge in [-0.15, -0.1) is 0 Å². The maximum Gasteiger partial charge on any atom is 0.166 e. The van der Waals surface area contributed by atoms with Gasteiger partial charge in [0.25, 0.3) is 0 Å². The molecule has 1 aliphatic carbocycles. The van der Waals surface area contributed by atoms with Crippen LogP contribution in [0.4, 0.5) is 5.69 Å². The van der Waals surface area contributed by atoms with Crippen LogP contribution in [0.3, 0.4) is 0 Å². The van der Waals surface area contributed by atoms with Gasteiger partial charge in [-0.25, -0.2) is 0 Å². The number of hydrogen-bond acceptors (Lipinski definition) is 3. The van der Waals surface area contributed by atoms with Gasteiger partial charge in [0.1, 0.15) is 0 Å². The molecule has 0 radical (unpaired) electrons. The van der Waals surface area contributed by atoms with Crippen LogP contribution >= 0.6 is 0 Å². The molecule has 0 atom stereocenters. The van der Waals surface area contributed by atoms with Crippen molar-refractivity contribution in [2.75, 3.05) is 6.61 Å². The van der Waals surface area contributed by atoms with Crippen molar-refractivity contribution in [2.45, 2.75) is 26.2 Å². The number of benzene rings is 2. The maximum atomic E-state index is 10.1. The number of hydrogen-bond donors (Lipinski definition) is 1. The van der Waals surface area contributed by atoms with E-state index in [4.69, 9.17) is 4.74 Å². The Morgan fingerprint density at radius 3 is 2.90 bits per heavy atom. The second kappa shape index (κ2) is 6.00. The number of phenols is 1. The lowest BCUT2D eigenvalue weighted by Gasteiger charge is -2.07. The molecule has 3 heteroatoms. The summed E-state index contributed by atoms with van der Waals surface area (Å²) >= 11 is 0. The predicted octanol–water partition coefficient (Wildman–Crippen LogP) is 4.03. The van der Waals surface area contributed by atoms with Crippen molar-refractivity contribution in [2.24, 2.45) is 4.99 Å². The zero-order valence-corrected chi connectivity index (χ0v) is 12.2. The quantitative estimate of drug-likeness (QED) is 0.860. The average Bonchev–Trinajstić information content (AvgIpc) is 2.96. The van der Waals surface area contributed by atoms with Gasteiger partial charge in [0.05, 0.1) is 12.3 Å². The maximum absolute atomic E-state index is 10.1. The summed E-state index contributed by atoms with van der Waals surface area (Å²) in [5.41, 5.74) is 4.44. The lowest BCUT2D eigenvalue weighted by Crippen LogP contribution is -1.93. The van der Waals surface area contributed by atoms with Gasteiger partial charge in [-0.2, -0.15) is 0 Å². The highest BCUT2D eigenvalue weighted by Gasteiger charge is 2.10. The molecule has 1 N–H and O–H groups in total. The molecule has 0 unspecified atom stereocenters. The summed E-state index contributed by atoms with van der Waals surface area (Å²) in [6.45, 7) is 2.42. The highest BCUT2D eigenvalue weighted by molar-refractivity contribution is 5.86. The van der Waals surface area contributed by atoms with Crippen molar-refractivity contribution in [3.63, 3.8) is 0 Å². The molecule has 2 aromatic carbocycles. The van der Waals surface area contributed by atoms with Gasteiger partial charge in [-0.3, -0.25) is 4.99 Å². The molecular weight excluding hydrogens is 262 g/mol. The molecule has 0 aromatic heterocycles. The number of aromatic hydroxyl groups is 1. The first-order valence-electron chi connectivity index (χ1n) is 7.38. The predicted molar refractivity (Wildman–Crippen MR) is 85.0 cm³/mol. The molecule has 1 aliphatic rings. The number of aliphatic imine (C=N–C) groups is 1. The third kappa shape index (κ3) is 2.92. The topological polar surface area (TPSA) is 41.8 Å². The van der Waals surface area contributed by atoms with Gasteiger partial charge < -0.3 is 9.84 Å². The standard InChI is InChI=1S/C18H19NO2/c1-2-21-17-8-4-7-15(18(17)20)12-19-16-10-9-13-5-3-6-14(13)11-16/h4,7-12,20H,2-3,5-6H2,1H3. The number of para-hydroxylation sites is 1. The van der Waals surface area contributed by atoms with Crippen molar-refractivity contribution in [1.29, 1.82) is 0 Å². The summed E-state index contributed by atoms with van der Waals surface area (Å²) in [5.74, 6) is 0.639. The molecule has 0 saturated carbocycles. The van der Waals surface area contributed by atoms with E-state index in [2.05, 4.69) is 17.1 Å². The third-order valence-corrected chi connectivity index (χ3v) is 3.76. The van der Waals surface area contributed by atoms with Crippen LogP contribution in [0.25, 0.3) is 0 Å². The van der Waals surface area contributed by atoms with E-state index in [0.29, 0.717) is 17.9 Å². The number of rotatable bonds is 4. The summed E-state index contributed by atoms with van der Waals surface area (Å²) in [6.07, 6.45) is 5.24. The molecule has 108 valence electrons.